The van der Waals surface area contributed by atoms with Crippen LogP contribution in [-0.2, 0) is 16.0 Å². The molecule has 9 heteroatoms. The summed E-state index contributed by atoms with van der Waals surface area (Å²) in [5.41, 5.74) is 9.67. The van der Waals surface area contributed by atoms with Gasteiger partial charge in [0.25, 0.3) is 0 Å². The van der Waals surface area contributed by atoms with E-state index in [1.54, 1.807) is 11.0 Å². The Morgan fingerprint density at radius 1 is 1.22 bits per heavy atom. The topological polar surface area (TPSA) is 109 Å². The highest BCUT2D eigenvalue weighted by Gasteiger charge is 2.30. The fourth-order valence-electron chi connectivity index (χ4n) is 5.06. The fourth-order valence-corrected chi connectivity index (χ4v) is 5.06. The average molecular weight is 488 g/mol. The second kappa shape index (κ2) is 9.73. The van der Waals surface area contributed by atoms with E-state index in [4.69, 9.17) is 10.8 Å². The van der Waals surface area contributed by atoms with Gasteiger partial charge < -0.3 is 20.9 Å². The van der Waals surface area contributed by atoms with Gasteiger partial charge in [0.2, 0.25) is 0 Å². The van der Waals surface area contributed by atoms with E-state index < -0.39 is 11.8 Å². The second-order valence-corrected chi connectivity index (χ2v) is 10.0. The number of hydrogen-bond acceptors (Lipinski definition) is 6. The first-order valence-electron chi connectivity index (χ1n) is 12.6. The zero-order valence-electron chi connectivity index (χ0n) is 21.1. The lowest BCUT2D eigenvalue weighted by Crippen LogP contribution is -2.42. The minimum absolute atomic E-state index is 0.248. The Hall–Kier alpha value is -3.72. The second-order valence-electron chi connectivity index (χ2n) is 10.0. The molecule has 1 aromatic carbocycles. The third-order valence-corrected chi connectivity index (χ3v) is 7.14. The molecular formula is C27H33N7O2. The van der Waals surface area contributed by atoms with Crippen molar-refractivity contribution in [2.75, 3.05) is 37.7 Å². The van der Waals surface area contributed by atoms with Crippen molar-refractivity contribution < 1.29 is 9.59 Å². The highest BCUT2D eigenvalue weighted by molar-refractivity contribution is 6.40. The summed E-state index contributed by atoms with van der Waals surface area (Å²) < 4.78 is 2.07. The zero-order chi connectivity index (χ0) is 25.4. The van der Waals surface area contributed by atoms with E-state index >= 15 is 0 Å². The third-order valence-electron chi connectivity index (χ3n) is 7.14. The van der Waals surface area contributed by atoms with Gasteiger partial charge in [0.05, 0.1) is 23.4 Å². The number of fused-ring (bicyclic) bond motifs is 1. The quantitative estimate of drug-likeness (QED) is 0.547. The van der Waals surface area contributed by atoms with Gasteiger partial charge in [-0.3, -0.25) is 14.3 Å². The summed E-state index contributed by atoms with van der Waals surface area (Å²) in [5.74, 6) is -0.617. The standard InChI is InChI=1S/C27H33N7O2/c1-4-18-11-21(13-29-25(18)28)30-26(35)27(36)33-14-17(2)5-8-24(33)19-6-7-20-15-34(31-23(20)12-19)22-9-10-32(3)16-22/h6-8,11-13,15,17,22H,4-5,9-10,14,16H2,1-3H3,(H2,28,29)(H,30,35)/t17-,22+/m0/s1. The Morgan fingerprint density at radius 3 is 2.81 bits per heavy atom. The van der Waals surface area contributed by atoms with Crippen LogP contribution in [-0.4, -0.2) is 63.1 Å². The number of rotatable bonds is 4. The first-order valence-corrected chi connectivity index (χ1v) is 12.6. The molecule has 0 spiro atoms. The molecule has 2 aliphatic heterocycles. The number of benzene rings is 1. The lowest BCUT2D eigenvalue weighted by Gasteiger charge is -2.31. The van der Waals surface area contributed by atoms with Crippen LogP contribution < -0.4 is 11.1 Å². The molecule has 9 nitrogen and oxygen atoms in total. The molecule has 0 unspecified atom stereocenters. The number of pyridine rings is 1. The molecule has 3 aromatic rings. The summed E-state index contributed by atoms with van der Waals surface area (Å²) >= 11 is 0. The molecule has 5 rings (SSSR count). The summed E-state index contributed by atoms with van der Waals surface area (Å²) in [6.07, 6.45) is 8.22. The van der Waals surface area contributed by atoms with E-state index in [0.717, 1.165) is 53.7 Å². The Kier molecular flexibility index (Phi) is 6.49. The van der Waals surface area contributed by atoms with Gasteiger partial charge in [-0.1, -0.05) is 32.1 Å². The summed E-state index contributed by atoms with van der Waals surface area (Å²) in [7, 11) is 2.13. The Bertz CT molecular complexity index is 1350. The molecule has 2 aliphatic rings. The number of likely N-dealkylation sites (tertiary alicyclic amines) is 1. The van der Waals surface area contributed by atoms with Crippen molar-refractivity contribution in [3.63, 3.8) is 0 Å². The molecule has 1 fully saturated rings. The number of hydrogen-bond donors (Lipinski definition) is 2. The van der Waals surface area contributed by atoms with E-state index in [2.05, 4.69) is 40.1 Å². The van der Waals surface area contributed by atoms with Crippen LogP contribution in [0.4, 0.5) is 11.5 Å². The van der Waals surface area contributed by atoms with Crippen LogP contribution in [0, 0.1) is 5.92 Å². The van der Waals surface area contributed by atoms with E-state index in [9.17, 15) is 9.59 Å². The van der Waals surface area contributed by atoms with Crippen molar-refractivity contribution in [2.45, 2.75) is 39.2 Å². The number of aryl methyl sites for hydroxylation is 1. The zero-order valence-corrected chi connectivity index (χ0v) is 21.1. The van der Waals surface area contributed by atoms with E-state index in [0.29, 0.717) is 30.5 Å². The number of anilines is 2. The molecular weight excluding hydrogens is 454 g/mol. The molecule has 0 aliphatic carbocycles. The van der Waals surface area contributed by atoms with Crippen LogP contribution in [0.5, 0.6) is 0 Å². The van der Waals surface area contributed by atoms with Gasteiger partial charge in [0.15, 0.2) is 0 Å². The number of nitrogens with zero attached hydrogens (tertiary/aromatic N) is 5. The molecule has 4 heterocycles. The van der Waals surface area contributed by atoms with Crippen LogP contribution in [0.1, 0.15) is 43.9 Å². The van der Waals surface area contributed by atoms with Crippen LogP contribution in [0.15, 0.2) is 42.7 Å². The van der Waals surface area contributed by atoms with Gasteiger partial charge in [0, 0.05) is 35.9 Å². The molecule has 2 amide bonds. The van der Waals surface area contributed by atoms with Crippen LogP contribution in [0.2, 0.25) is 0 Å². The molecule has 1 saturated heterocycles. The number of nitrogens with two attached hydrogens (primary N) is 1. The van der Waals surface area contributed by atoms with Crippen molar-refractivity contribution in [3.05, 3.63) is 53.9 Å². The maximum atomic E-state index is 13.3. The largest absolute Gasteiger partial charge is 0.383 e. The van der Waals surface area contributed by atoms with Gasteiger partial charge >= 0.3 is 11.8 Å². The van der Waals surface area contributed by atoms with E-state index in [1.807, 2.05) is 31.2 Å². The normalized spacial score (nSPS) is 20.5. The van der Waals surface area contributed by atoms with Crippen LogP contribution in [0.25, 0.3) is 16.6 Å². The van der Waals surface area contributed by atoms with Gasteiger partial charge in [-0.15, -0.1) is 0 Å². The maximum absolute atomic E-state index is 13.3. The number of allylic oxidation sites excluding steroid dienone is 1. The average Bonchev–Trinajstić information content (AvgIpc) is 3.50. The molecule has 188 valence electrons. The predicted molar refractivity (Wildman–Crippen MR) is 141 cm³/mol. The van der Waals surface area contributed by atoms with E-state index in [-0.39, 0.29) is 5.92 Å². The number of nitrogen functional groups attached to an aromatic ring is 1. The number of nitrogens with one attached hydrogen (secondary N) is 1. The first-order chi connectivity index (χ1) is 17.3. The van der Waals surface area contributed by atoms with Crippen molar-refractivity contribution in [1.29, 1.82) is 0 Å². The Morgan fingerprint density at radius 2 is 2.06 bits per heavy atom. The SMILES string of the molecule is CCc1cc(NC(=O)C(=O)N2C[C@@H](C)CC=C2c2ccc3cn([C@@H]4CCN(C)C4)nc3c2)cnc1N. The van der Waals surface area contributed by atoms with Gasteiger partial charge in [-0.2, -0.15) is 5.10 Å². The summed E-state index contributed by atoms with van der Waals surface area (Å²) in [4.78, 5) is 34.3. The minimum atomic E-state index is -0.695. The smallest absolute Gasteiger partial charge is 0.316 e. The number of carbonyl (C=O) groups is 2. The highest BCUT2D eigenvalue weighted by Crippen LogP contribution is 2.31. The van der Waals surface area contributed by atoms with Crippen molar-refractivity contribution in [3.8, 4) is 0 Å². The predicted octanol–water partition coefficient (Wildman–Crippen LogP) is 3.30. The van der Waals surface area contributed by atoms with Crippen LogP contribution >= 0.6 is 0 Å². The molecule has 36 heavy (non-hydrogen) atoms. The lowest BCUT2D eigenvalue weighted by molar-refractivity contribution is -0.141. The number of aromatic nitrogens is 3. The first kappa shape index (κ1) is 24.0. The monoisotopic (exact) mass is 487 g/mol. The third kappa shape index (κ3) is 4.70. The van der Waals surface area contributed by atoms with Gasteiger partial charge in [-0.25, -0.2) is 4.98 Å². The Labute approximate surface area is 211 Å². The summed E-state index contributed by atoms with van der Waals surface area (Å²) in [6.45, 7) is 6.57. The van der Waals surface area contributed by atoms with E-state index in [1.165, 1.54) is 6.20 Å². The number of amides is 2. The minimum Gasteiger partial charge on any atom is -0.383 e. The fraction of sp³-hybridized carbons (Fsp3) is 0.407. The van der Waals surface area contributed by atoms with Gasteiger partial charge in [-0.05, 0) is 56.5 Å². The molecule has 0 saturated carbocycles. The Balaban J connectivity index is 1.39. The molecule has 2 aromatic heterocycles. The molecule has 3 N–H and O–H groups in total. The molecule has 0 bridgehead atoms. The molecule has 0 radical (unpaired) electrons. The van der Waals surface area contributed by atoms with Crippen molar-refractivity contribution in [2.24, 2.45) is 5.92 Å². The van der Waals surface area contributed by atoms with Crippen LogP contribution in [0.3, 0.4) is 0 Å². The summed E-state index contributed by atoms with van der Waals surface area (Å²) in [5, 5.41) is 8.61. The number of likely N-dealkylation sites (N-methyl/N-ethyl adjacent to an activating group) is 1. The van der Waals surface area contributed by atoms with Crippen molar-refractivity contribution in [1.82, 2.24) is 24.6 Å². The lowest BCUT2D eigenvalue weighted by atomic mass is 9.97. The molecule has 2 atom stereocenters. The highest BCUT2D eigenvalue weighted by atomic mass is 16.2. The van der Waals surface area contributed by atoms with Gasteiger partial charge in [0.1, 0.15) is 5.82 Å². The summed E-state index contributed by atoms with van der Waals surface area (Å²) in [6, 6.07) is 8.20. The maximum Gasteiger partial charge on any atom is 0.316 e. The number of carbonyl (C=O) groups excluding carboxylic acids is 2. The van der Waals surface area contributed by atoms with Crippen molar-refractivity contribution >= 4 is 39.9 Å².